The maximum Gasteiger partial charge on any atom is 0.265 e. The summed E-state index contributed by atoms with van der Waals surface area (Å²) >= 11 is 6.57. The zero-order chi connectivity index (χ0) is 26.0. The van der Waals surface area contributed by atoms with Crippen molar-refractivity contribution in [2.45, 2.75) is 25.1 Å². The summed E-state index contributed by atoms with van der Waals surface area (Å²) in [5.74, 6) is -2.51. The van der Waals surface area contributed by atoms with Crippen LogP contribution in [0.25, 0.3) is 0 Å². The number of hydrogen-bond donors (Lipinski definition) is 1. The van der Waals surface area contributed by atoms with E-state index in [2.05, 4.69) is 5.16 Å². The highest BCUT2D eigenvalue weighted by atomic mass is 35.5. The van der Waals surface area contributed by atoms with Gasteiger partial charge in [0, 0.05) is 9.11 Å². The second-order valence-electron chi connectivity index (χ2n) is 5.76. The highest BCUT2D eigenvalue weighted by molar-refractivity contribution is 7.93. The van der Waals surface area contributed by atoms with Crippen LogP contribution in [-0.4, -0.2) is 26.1 Å². The smallest absolute Gasteiger partial charge is 0.265 e. The van der Waals surface area contributed by atoms with Crippen molar-refractivity contribution in [3.63, 3.8) is 0 Å². The zero-order valence-electron chi connectivity index (χ0n) is 20.8. The first kappa shape index (κ1) is 13.6. The SMILES string of the molecule is [2H]c1c(C)c(C([2H])([2H])C(=O)c2sccc2S(=O)(=O)N([2H])c2onc(C)c2Cl)c([2H])c2c1OC([2H])O2. The van der Waals surface area contributed by atoms with E-state index in [4.69, 9.17) is 33.9 Å². The molecular weight excluding hydrogens is 440 g/mol. The topological polar surface area (TPSA) is 108 Å². The molecule has 0 saturated heterocycles. The van der Waals surface area contributed by atoms with Crippen molar-refractivity contribution in [2.75, 3.05) is 11.5 Å². The minimum atomic E-state index is -4.77. The number of benzene rings is 1. The number of carbonyl (C=O) groups excluding carboxylic acids is 1. The summed E-state index contributed by atoms with van der Waals surface area (Å²) in [7, 11) is -4.77. The molecule has 0 spiro atoms. The fraction of sp³-hybridized carbons (Fsp3) is 0.222. The molecule has 1 N–H and O–H groups in total. The van der Waals surface area contributed by atoms with Gasteiger partial charge in [0.1, 0.15) is 17.0 Å². The Morgan fingerprint density at radius 3 is 2.86 bits per heavy atom. The molecule has 0 radical (unpaired) electrons. The molecule has 1 atom stereocenters. The van der Waals surface area contributed by atoms with E-state index in [1.54, 1.807) is 0 Å². The third kappa shape index (κ3) is 3.70. The van der Waals surface area contributed by atoms with E-state index < -0.39 is 56.2 Å². The molecule has 0 saturated carbocycles. The fourth-order valence-electron chi connectivity index (χ4n) is 2.36. The van der Waals surface area contributed by atoms with Gasteiger partial charge in [0.25, 0.3) is 15.9 Å². The Labute approximate surface area is 183 Å². The van der Waals surface area contributed by atoms with E-state index in [9.17, 15) is 13.2 Å². The van der Waals surface area contributed by atoms with Crippen LogP contribution in [0.2, 0.25) is 6.43 Å². The summed E-state index contributed by atoms with van der Waals surface area (Å²) < 4.78 is 90.3. The normalized spacial score (nSPS) is 18.9. The summed E-state index contributed by atoms with van der Waals surface area (Å²) in [4.78, 5) is 12.1. The number of fused-ring (bicyclic) bond motifs is 1. The maximum absolute atomic E-state index is 13.4. The quantitative estimate of drug-likeness (QED) is 0.554. The Morgan fingerprint density at radius 2 is 2.17 bits per heavy atom. The van der Waals surface area contributed by atoms with Crippen molar-refractivity contribution in [2.24, 2.45) is 0 Å². The number of thiophene rings is 1. The van der Waals surface area contributed by atoms with Crippen molar-refractivity contribution in [3.8, 4) is 11.5 Å². The maximum atomic E-state index is 13.4. The molecule has 2 aromatic heterocycles. The number of rotatable bonds is 6. The first-order chi connectivity index (χ1) is 16.2. The molecule has 0 amide bonds. The van der Waals surface area contributed by atoms with Crippen molar-refractivity contribution < 1.29 is 35.5 Å². The summed E-state index contributed by atoms with van der Waals surface area (Å²) in [6.45, 7) is 1.17. The number of ketones is 1. The van der Waals surface area contributed by atoms with Crippen molar-refractivity contribution in [1.82, 2.24) is 5.16 Å². The third-order valence-electron chi connectivity index (χ3n) is 3.78. The molecule has 8 nitrogen and oxygen atoms in total. The van der Waals surface area contributed by atoms with E-state index in [0.29, 0.717) is 11.3 Å². The minimum Gasteiger partial charge on any atom is -0.454 e. The van der Waals surface area contributed by atoms with Gasteiger partial charge in [-0.3, -0.25) is 4.79 Å². The highest BCUT2D eigenvalue weighted by Crippen LogP contribution is 2.36. The lowest BCUT2D eigenvalue weighted by molar-refractivity contribution is 0.0994. The average molecular weight is 461 g/mol. The van der Waals surface area contributed by atoms with Crippen LogP contribution in [-0.2, 0) is 16.4 Å². The number of anilines is 1. The van der Waals surface area contributed by atoms with Crippen molar-refractivity contribution >= 4 is 44.6 Å². The minimum absolute atomic E-state index is 0.0538. The van der Waals surface area contributed by atoms with Gasteiger partial charge in [-0.25, -0.2) is 13.1 Å². The Morgan fingerprint density at radius 1 is 1.45 bits per heavy atom. The van der Waals surface area contributed by atoms with Crippen molar-refractivity contribution in [3.05, 3.63) is 50.3 Å². The largest absolute Gasteiger partial charge is 0.454 e. The molecule has 29 heavy (non-hydrogen) atoms. The highest BCUT2D eigenvalue weighted by Gasteiger charge is 2.27. The van der Waals surface area contributed by atoms with E-state index >= 15 is 0 Å². The van der Waals surface area contributed by atoms with Crippen LogP contribution < -0.4 is 14.2 Å². The van der Waals surface area contributed by atoms with Gasteiger partial charge in [-0.2, -0.15) is 0 Å². The molecule has 0 bridgehead atoms. The molecule has 152 valence electrons. The number of aryl methyl sites for hydroxylation is 1. The van der Waals surface area contributed by atoms with Gasteiger partial charge >= 0.3 is 0 Å². The van der Waals surface area contributed by atoms with Crippen LogP contribution in [0.15, 0.2) is 32.9 Å². The van der Waals surface area contributed by atoms with Gasteiger partial charge in [0.15, 0.2) is 18.7 Å². The van der Waals surface area contributed by atoms with E-state index in [0.717, 1.165) is 6.07 Å². The molecule has 1 aliphatic heterocycles. The number of sulfonamides is 1. The van der Waals surface area contributed by atoms with Crippen LogP contribution in [0, 0.1) is 13.8 Å². The number of ether oxygens (including phenoxy) is 2. The molecule has 0 aliphatic carbocycles. The van der Waals surface area contributed by atoms with Crippen LogP contribution in [0.1, 0.15) is 33.3 Å². The van der Waals surface area contributed by atoms with Crippen LogP contribution in [0.4, 0.5) is 5.88 Å². The van der Waals surface area contributed by atoms with Crippen LogP contribution in [0.3, 0.4) is 0 Å². The molecule has 4 rings (SSSR count). The summed E-state index contributed by atoms with van der Waals surface area (Å²) in [5.41, 5.74) is -0.511. The van der Waals surface area contributed by atoms with Gasteiger partial charge < -0.3 is 14.0 Å². The Hall–Kier alpha value is -2.56. The second-order valence-corrected chi connectivity index (χ2v) is 8.63. The molecule has 3 heterocycles. The van der Waals surface area contributed by atoms with Crippen LogP contribution >= 0.6 is 22.9 Å². The number of Topliss-reactive ketones (excluding diaryl/α,β-unsaturated/α-hetero) is 1. The standard InChI is InChI=1S/C18H15ClN2O6S2/c1-9-5-13-14(26-8-25-13)7-11(9)6-12(22)17-15(3-4-28-17)29(23,24)21-18-16(19)10(2)20-27-18/h3-5,7,21H,6,8H2,1-2H3/i5D,6D2,7D,8D/hD. The van der Waals surface area contributed by atoms with E-state index in [-0.39, 0.29) is 38.5 Å². The monoisotopic (exact) mass is 460 g/mol. The van der Waals surface area contributed by atoms with Crippen molar-refractivity contribution in [1.29, 1.82) is 0 Å². The number of aromatic nitrogens is 1. The lowest BCUT2D eigenvalue weighted by Crippen LogP contribution is -2.16. The Balaban J connectivity index is 1.80. The van der Waals surface area contributed by atoms with Gasteiger partial charge in [0.2, 0.25) is 6.77 Å². The molecule has 1 aromatic carbocycles. The lowest BCUT2D eigenvalue weighted by Gasteiger charge is -2.09. The summed E-state index contributed by atoms with van der Waals surface area (Å²) in [5, 5.41) is 4.50. The summed E-state index contributed by atoms with van der Waals surface area (Å²) in [6, 6.07) is 0.0502. The molecule has 1 aliphatic rings. The third-order valence-corrected chi connectivity index (χ3v) is 6.56. The van der Waals surface area contributed by atoms with Gasteiger partial charge in [-0.1, -0.05) is 16.8 Å². The number of nitrogens with one attached hydrogen (secondary N) is 1. The zero-order valence-corrected chi connectivity index (χ0v) is 17.2. The first-order valence-electron chi connectivity index (χ1n) is 10.9. The number of carbonyl (C=O) groups is 1. The molecular formula is C18H15ClN2O6S2. The lowest BCUT2D eigenvalue weighted by atomic mass is 10.0. The molecule has 3 aromatic rings. The molecule has 11 heteroatoms. The van der Waals surface area contributed by atoms with E-state index in [1.807, 2.05) is 0 Å². The second kappa shape index (κ2) is 7.36. The Kier molecular flexibility index (Phi) is 3.46. The molecule has 0 fully saturated rings. The number of halogens is 1. The predicted molar refractivity (Wildman–Crippen MR) is 107 cm³/mol. The van der Waals surface area contributed by atoms with Gasteiger partial charge in [0.05, 0.1) is 7.62 Å². The number of hydrogen-bond acceptors (Lipinski definition) is 8. The first-order valence-corrected chi connectivity index (χ1v) is 10.6. The van der Waals surface area contributed by atoms with Gasteiger partial charge in [-0.05, 0) is 48.5 Å². The van der Waals surface area contributed by atoms with E-state index in [1.165, 1.54) is 19.2 Å². The Bertz CT molecular complexity index is 1470. The van der Waals surface area contributed by atoms with Gasteiger partial charge in [-0.15, -0.1) is 11.3 Å². The summed E-state index contributed by atoms with van der Waals surface area (Å²) in [6.07, 6.45) is -2.99. The fourth-order valence-corrected chi connectivity index (χ4v) is 4.76. The average Bonchev–Trinajstić information content (AvgIpc) is 3.51. The predicted octanol–water partition coefficient (Wildman–Crippen LogP) is 3.96. The van der Waals surface area contributed by atoms with Crippen LogP contribution in [0.5, 0.6) is 11.5 Å². The number of nitrogens with zero attached hydrogens (tertiary/aromatic N) is 1. The molecule has 1 unspecified atom stereocenters.